The molecular weight excluding hydrogens is 384 g/mol. The summed E-state index contributed by atoms with van der Waals surface area (Å²) in [6, 6.07) is 0. The summed E-state index contributed by atoms with van der Waals surface area (Å²) in [4.78, 5) is 34.5. The number of carboxylic acids is 1. The highest BCUT2D eigenvalue weighted by atomic mass is 16.5. The van der Waals surface area contributed by atoms with Gasteiger partial charge in [-0.25, -0.2) is 0 Å². The van der Waals surface area contributed by atoms with Gasteiger partial charge < -0.3 is 20.5 Å². The van der Waals surface area contributed by atoms with E-state index < -0.39 is 5.97 Å². The van der Waals surface area contributed by atoms with E-state index in [1.54, 1.807) is 0 Å². The summed E-state index contributed by atoms with van der Waals surface area (Å²) in [5, 5.41) is 14.4. The van der Waals surface area contributed by atoms with Gasteiger partial charge in [-0.05, 0) is 44.4 Å². The van der Waals surface area contributed by atoms with Crippen LogP contribution in [0.3, 0.4) is 0 Å². The second kappa shape index (κ2) is 13.4. The first-order valence-corrected chi connectivity index (χ1v) is 11.6. The number of allylic oxidation sites excluding steroid dienone is 2. The zero-order valence-electron chi connectivity index (χ0n) is 18.2. The van der Waals surface area contributed by atoms with Crippen molar-refractivity contribution in [3.05, 3.63) is 12.2 Å². The molecule has 7 nitrogen and oxygen atoms in total. The molecule has 2 aliphatic heterocycles. The zero-order chi connectivity index (χ0) is 21.8. The lowest BCUT2D eigenvalue weighted by Gasteiger charge is -2.27. The van der Waals surface area contributed by atoms with Gasteiger partial charge in [0.25, 0.3) is 0 Å². The van der Waals surface area contributed by atoms with Crippen LogP contribution in [0.25, 0.3) is 0 Å². The van der Waals surface area contributed by atoms with Crippen molar-refractivity contribution >= 4 is 17.8 Å². The number of carbonyl (C=O) groups excluding carboxylic acids is 2. The van der Waals surface area contributed by atoms with Crippen LogP contribution < -0.4 is 10.6 Å². The number of carboxylic acid groups (broad SMARTS) is 1. The van der Waals surface area contributed by atoms with Crippen molar-refractivity contribution in [3.8, 4) is 0 Å². The zero-order valence-corrected chi connectivity index (χ0v) is 18.2. The molecule has 2 amide bonds. The number of fused-ring (bicyclic) bond motifs is 2. The SMILES string of the molecule is CCCCCCC(=O)NCC(=O)NC[C@H]1[C@@H](C/C=C\CCCC(=O)O)[C@H]2CC[C@H]1O2. The van der Waals surface area contributed by atoms with Gasteiger partial charge in [0.05, 0.1) is 18.8 Å². The summed E-state index contributed by atoms with van der Waals surface area (Å²) < 4.78 is 6.07. The number of hydrogen-bond donors (Lipinski definition) is 3. The van der Waals surface area contributed by atoms with Crippen molar-refractivity contribution in [2.24, 2.45) is 11.8 Å². The van der Waals surface area contributed by atoms with Gasteiger partial charge in [-0.3, -0.25) is 14.4 Å². The van der Waals surface area contributed by atoms with Gasteiger partial charge >= 0.3 is 5.97 Å². The summed E-state index contributed by atoms with van der Waals surface area (Å²) in [6.07, 6.45) is 13.9. The number of aliphatic carboxylic acids is 1. The lowest BCUT2D eigenvalue weighted by Crippen LogP contribution is -2.42. The van der Waals surface area contributed by atoms with E-state index in [9.17, 15) is 14.4 Å². The Balaban J connectivity index is 1.66. The fourth-order valence-electron chi connectivity index (χ4n) is 4.50. The molecule has 2 bridgehead atoms. The van der Waals surface area contributed by atoms with Gasteiger partial charge in [0.2, 0.25) is 11.8 Å². The minimum absolute atomic E-state index is 0.0302. The molecule has 0 saturated carbocycles. The number of hydrogen-bond acceptors (Lipinski definition) is 4. The van der Waals surface area contributed by atoms with Gasteiger partial charge in [0, 0.05) is 25.3 Å². The Bertz CT molecular complexity index is 592. The molecule has 2 heterocycles. The molecule has 7 heteroatoms. The smallest absolute Gasteiger partial charge is 0.303 e. The summed E-state index contributed by atoms with van der Waals surface area (Å²) in [5.74, 6) is -0.291. The van der Waals surface area contributed by atoms with E-state index in [2.05, 4.69) is 29.7 Å². The van der Waals surface area contributed by atoms with Crippen LogP contribution in [0.5, 0.6) is 0 Å². The average Bonchev–Trinajstić information content (AvgIpc) is 3.32. The molecule has 30 heavy (non-hydrogen) atoms. The molecule has 3 N–H and O–H groups in total. The average molecular weight is 423 g/mol. The van der Waals surface area contributed by atoms with E-state index in [0.29, 0.717) is 31.2 Å². The number of unbranched alkanes of at least 4 members (excludes halogenated alkanes) is 4. The molecule has 2 rings (SSSR count). The quantitative estimate of drug-likeness (QED) is 0.278. The highest BCUT2D eigenvalue weighted by molar-refractivity contribution is 5.84. The Kier molecular flexibility index (Phi) is 10.9. The van der Waals surface area contributed by atoms with Gasteiger partial charge in [-0.1, -0.05) is 38.3 Å². The molecule has 0 radical (unpaired) electrons. The molecule has 0 aliphatic carbocycles. The molecule has 0 aromatic rings. The first-order chi connectivity index (χ1) is 14.5. The van der Waals surface area contributed by atoms with E-state index >= 15 is 0 Å². The number of nitrogens with one attached hydrogen (secondary N) is 2. The molecule has 2 saturated heterocycles. The molecule has 170 valence electrons. The largest absolute Gasteiger partial charge is 0.481 e. The maximum atomic E-state index is 12.2. The standard InChI is InChI=1S/C23H38N2O5/c1-2-3-4-8-11-21(26)25-16-22(27)24-15-18-17(19-13-14-20(18)30-19)10-7-5-6-9-12-23(28)29/h5,7,17-20H,2-4,6,8-16H2,1H3,(H,24,27)(H,25,26)(H,28,29)/b7-5-/t17-,18+,19-,20-/m1/s1. The van der Waals surface area contributed by atoms with Crippen molar-refractivity contribution in [1.82, 2.24) is 10.6 Å². The molecular formula is C23H38N2O5. The lowest BCUT2D eigenvalue weighted by molar-refractivity contribution is -0.137. The van der Waals surface area contributed by atoms with Crippen LogP contribution in [-0.4, -0.2) is 48.2 Å². The van der Waals surface area contributed by atoms with Gasteiger partial charge in [0.1, 0.15) is 0 Å². The summed E-state index contributed by atoms with van der Waals surface area (Å²) in [6.45, 7) is 2.74. The maximum absolute atomic E-state index is 12.2. The van der Waals surface area contributed by atoms with E-state index in [-0.39, 0.29) is 37.0 Å². The Hall–Kier alpha value is -1.89. The van der Waals surface area contributed by atoms with Crippen molar-refractivity contribution < 1.29 is 24.2 Å². The van der Waals surface area contributed by atoms with Crippen molar-refractivity contribution in [1.29, 1.82) is 0 Å². The fourth-order valence-corrected chi connectivity index (χ4v) is 4.50. The third-order valence-electron chi connectivity index (χ3n) is 6.17. The maximum Gasteiger partial charge on any atom is 0.303 e. The molecule has 2 fully saturated rings. The summed E-state index contributed by atoms with van der Waals surface area (Å²) in [7, 11) is 0. The minimum atomic E-state index is -0.756. The molecule has 4 atom stereocenters. The number of ether oxygens (including phenoxy) is 1. The Morgan fingerprint density at radius 2 is 1.70 bits per heavy atom. The van der Waals surface area contributed by atoms with E-state index in [4.69, 9.17) is 9.84 Å². The topological polar surface area (TPSA) is 105 Å². The van der Waals surface area contributed by atoms with E-state index in [1.165, 1.54) is 0 Å². The summed E-state index contributed by atoms with van der Waals surface area (Å²) in [5.41, 5.74) is 0. The monoisotopic (exact) mass is 422 g/mol. The first kappa shape index (κ1) is 24.4. The van der Waals surface area contributed by atoms with Crippen LogP contribution in [0, 0.1) is 11.8 Å². The van der Waals surface area contributed by atoms with Crippen LogP contribution in [0.4, 0.5) is 0 Å². The van der Waals surface area contributed by atoms with Crippen LogP contribution in [0.15, 0.2) is 12.2 Å². The highest BCUT2D eigenvalue weighted by Crippen LogP contribution is 2.44. The normalized spacial score (nSPS) is 25.0. The Morgan fingerprint density at radius 1 is 0.933 bits per heavy atom. The van der Waals surface area contributed by atoms with Crippen LogP contribution in [-0.2, 0) is 19.1 Å². The van der Waals surface area contributed by atoms with Gasteiger partial charge in [-0.2, -0.15) is 0 Å². The number of rotatable bonds is 15. The lowest BCUT2D eigenvalue weighted by atomic mass is 9.77. The molecule has 0 aromatic carbocycles. The van der Waals surface area contributed by atoms with E-state index in [1.807, 2.05) is 0 Å². The predicted molar refractivity (Wildman–Crippen MR) is 115 cm³/mol. The number of carbonyl (C=O) groups is 3. The van der Waals surface area contributed by atoms with Crippen LogP contribution in [0.2, 0.25) is 0 Å². The molecule has 2 aliphatic rings. The molecule has 0 spiro atoms. The van der Waals surface area contributed by atoms with E-state index in [0.717, 1.165) is 51.4 Å². The Morgan fingerprint density at radius 3 is 2.43 bits per heavy atom. The van der Waals surface area contributed by atoms with Gasteiger partial charge in [0.15, 0.2) is 0 Å². The summed E-state index contributed by atoms with van der Waals surface area (Å²) >= 11 is 0. The Labute approximate surface area is 180 Å². The third kappa shape index (κ3) is 8.46. The van der Waals surface area contributed by atoms with Crippen molar-refractivity contribution in [2.75, 3.05) is 13.1 Å². The van der Waals surface area contributed by atoms with Crippen molar-refractivity contribution in [2.45, 2.75) is 89.8 Å². The van der Waals surface area contributed by atoms with Crippen molar-refractivity contribution in [3.63, 3.8) is 0 Å². The third-order valence-corrected chi connectivity index (χ3v) is 6.17. The molecule has 0 unspecified atom stereocenters. The first-order valence-electron chi connectivity index (χ1n) is 11.6. The van der Waals surface area contributed by atoms with Crippen LogP contribution in [0.1, 0.15) is 77.6 Å². The minimum Gasteiger partial charge on any atom is -0.481 e. The van der Waals surface area contributed by atoms with Gasteiger partial charge in [-0.15, -0.1) is 0 Å². The second-order valence-electron chi connectivity index (χ2n) is 8.50. The second-order valence-corrected chi connectivity index (χ2v) is 8.50. The fraction of sp³-hybridized carbons (Fsp3) is 0.783. The highest BCUT2D eigenvalue weighted by Gasteiger charge is 2.47. The molecule has 0 aromatic heterocycles. The number of amides is 2. The van der Waals surface area contributed by atoms with Crippen LogP contribution >= 0.6 is 0 Å². The predicted octanol–water partition coefficient (Wildman–Crippen LogP) is 3.18.